The molecule has 0 N–H and O–H groups in total. The summed E-state index contributed by atoms with van der Waals surface area (Å²) in [5, 5.41) is 0. The van der Waals surface area contributed by atoms with Gasteiger partial charge in [-0.25, -0.2) is 0 Å². The molecule has 0 fully saturated rings. The summed E-state index contributed by atoms with van der Waals surface area (Å²) in [6.45, 7) is 6.53. The molecule has 1 aromatic rings. The minimum atomic E-state index is 0.576. The van der Waals surface area contributed by atoms with Crippen LogP contribution in [0, 0.1) is 6.92 Å². The zero-order valence-electron chi connectivity index (χ0n) is 7.14. The highest BCUT2D eigenvalue weighted by Gasteiger charge is 2.26. The van der Waals surface area contributed by atoms with Gasteiger partial charge in [-0.1, -0.05) is 19.9 Å². The van der Waals surface area contributed by atoms with Crippen molar-refractivity contribution in [1.29, 1.82) is 0 Å². The van der Waals surface area contributed by atoms with E-state index in [1.54, 1.807) is 0 Å². The quantitative estimate of drug-likeness (QED) is 0.565. The van der Waals surface area contributed by atoms with E-state index in [1.807, 2.05) is 6.07 Å². The second-order valence-electron chi connectivity index (χ2n) is 3.38. The maximum Gasteiger partial charge on any atom is 0.173 e. The maximum absolute atomic E-state index is 5.31. The molecule has 58 valence electrons. The van der Waals surface area contributed by atoms with Gasteiger partial charge in [-0.05, 0) is 24.5 Å². The van der Waals surface area contributed by atoms with Gasteiger partial charge in [0.25, 0.3) is 0 Å². The molecular weight excluding hydrogens is 136 g/mol. The molecule has 0 bridgehead atoms. The molecule has 0 radical (unpaired) electrons. The number of hydrogen-bond acceptors (Lipinski definition) is 1. The summed E-state index contributed by atoms with van der Waals surface area (Å²) in [6, 6.07) is 4.16. The Labute approximate surface area is 67.0 Å². The predicted molar refractivity (Wildman–Crippen MR) is 45.3 cm³/mol. The van der Waals surface area contributed by atoms with Gasteiger partial charge in [-0.2, -0.15) is 0 Å². The Bertz CT molecular complexity index is 296. The first kappa shape index (κ1) is 6.71. The van der Waals surface area contributed by atoms with Crippen LogP contribution in [-0.4, -0.2) is 0 Å². The third-order valence-corrected chi connectivity index (χ3v) is 2.13. The van der Waals surface area contributed by atoms with E-state index < -0.39 is 0 Å². The smallest absolute Gasteiger partial charge is 0.173 e. The lowest BCUT2D eigenvalue weighted by Gasteiger charge is -2.04. The number of rotatable bonds is 1. The van der Waals surface area contributed by atoms with Crippen LogP contribution in [0.2, 0.25) is 0 Å². The fourth-order valence-electron chi connectivity index (χ4n) is 1.57. The lowest BCUT2D eigenvalue weighted by atomic mass is 9.98. The van der Waals surface area contributed by atoms with Crippen molar-refractivity contribution in [2.24, 2.45) is 0 Å². The Hall–Kier alpha value is -0.980. The van der Waals surface area contributed by atoms with E-state index in [-0.39, 0.29) is 0 Å². The lowest BCUT2D eigenvalue weighted by Crippen LogP contribution is -1.87. The van der Waals surface area contributed by atoms with E-state index in [9.17, 15) is 0 Å². The monoisotopic (exact) mass is 148 g/mol. The van der Waals surface area contributed by atoms with Crippen LogP contribution in [0.4, 0.5) is 0 Å². The fraction of sp³-hybridized carbons (Fsp3) is 0.400. The van der Waals surface area contributed by atoms with E-state index in [0.717, 1.165) is 11.5 Å². The molecule has 1 aliphatic heterocycles. The molecule has 11 heavy (non-hydrogen) atoms. The fourth-order valence-corrected chi connectivity index (χ4v) is 1.57. The number of ether oxygens (including phenoxy) is 1. The van der Waals surface area contributed by atoms with E-state index in [4.69, 9.17) is 4.74 Å². The van der Waals surface area contributed by atoms with Crippen LogP contribution in [0.5, 0.6) is 11.5 Å². The molecular formula is C10H12O. The van der Waals surface area contributed by atoms with E-state index in [2.05, 4.69) is 26.8 Å². The van der Waals surface area contributed by atoms with Gasteiger partial charge in [0.05, 0.1) is 0 Å². The summed E-state index contributed by atoms with van der Waals surface area (Å²) in [7, 11) is 0. The molecule has 0 atom stereocenters. The van der Waals surface area contributed by atoms with Crippen molar-refractivity contribution < 1.29 is 4.74 Å². The predicted octanol–water partition coefficient (Wildman–Crippen LogP) is 3.22. The molecule has 1 nitrogen and oxygen atoms in total. The normalized spacial score (nSPS) is 12.7. The van der Waals surface area contributed by atoms with Crippen molar-refractivity contribution in [3.63, 3.8) is 0 Å². The van der Waals surface area contributed by atoms with E-state index >= 15 is 0 Å². The molecule has 1 aromatic carbocycles. The molecule has 0 spiro atoms. The number of aryl methyl sites for hydroxylation is 1. The topological polar surface area (TPSA) is 12.5 Å². The lowest BCUT2D eigenvalue weighted by molar-refractivity contribution is 0.638. The minimum absolute atomic E-state index is 0.576. The highest BCUT2D eigenvalue weighted by molar-refractivity contribution is 5.62. The van der Waals surface area contributed by atoms with Gasteiger partial charge in [0.1, 0.15) is 0 Å². The van der Waals surface area contributed by atoms with Gasteiger partial charge < -0.3 is 4.74 Å². The third-order valence-electron chi connectivity index (χ3n) is 2.13. The summed E-state index contributed by atoms with van der Waals surface area (Å²) in [4.78, 5) is 0. The Kier molecular flexibility index (Phi) is 1.22. The third kappa shape index (κ3) is 0.917. The molecule has 0 unspecified atom stereocenters. The summed E-state index contributed by atoms with van der Waals surface area (Å²) >= 11 is 0. The second kappa shape index (κ2) is 2.00. The molecule has 0 saturated heterocycles. The van der Waals surface area contributed by atoms with Gasteiger partial charge in [0.15, 0.2) is 11.5 Å². The van der Waals surface area contributed by atoms with Crippen LogP contribution in [0.3, 0.4) is 0 Å². The molecule has 0 amide bonds. The first-order valence-corrected chi connectivity index (χ1v) is 4.01. The van der Waals surface area contributed by atoms with E-state index in [1.165, 1.54) is 11.1 Å². The Balaban J connectivity index is 2.55. The Morgan fingerprint density at radius 1 is 1.27 bits per heavy atom. The molecule has 2 rings (SSSR count). The first-order chi connectivity index (χ1) is 5.20. The molecule has 0 aromatic heterocycles. The zero-order valence-corrected chi connectivity index (χ0v) is 7.14. The van der Waals surface area contributed by atoms with Crippen molar-refractivity contribution in [3.05, 3.63) is 23.3 Å². The number of benzene rings is 1. The van der Waals surface area contributed by atoms with Crippen LogP contribution in [-0.2, 0) is 0 Å². The van der Waals surface area contributed by atoms with Crippen LogP contribution < -0.4 is 4.74 Å². The van der Waals surface area contributed by atoms with E-state index in [0.29, 0.717) is 5.92 Å². The van der Waals surface area contributed by atoms with Crippen molar-refractivity contribution in [1.82, 2.24) is 0 Å². The maximum atomic E-state index is 5.31. The van der Waals surface area contributed by atoms with Crippen molar-refractivity contribution in [2.45, 2.75) is 26.7 Å². The highest BCUT2D eigenvalue weighted by Crippen LogP contribution is 2.51. The van der Waals surface area contributed by atoms with Crippen molar-refractivity contribution >= 4 is 0 Å². The summed E-state index contributed by atoms with van der Waals surface area (Å²) in [6.07, 6.45) is 0. The van der Waals surface area contributed by atoms with Gasteiger partial charge in [0.2, 0.25) is 0 Å². The summed E-state index contributed by atoms with van der Waals surface area (Å²) < 4.78 is 5.31. The average molecular weight is 148 g/mol. The van der Waals surface area contributed by atoms with Crippen LogP contribution in [0.25, 0.3) is 0 Å². The van der Waals surface area contributed by atoms with Gasteiger partial charge in [-0.3, -0.25) is 0 Å². The summed E-state index contributed by atoms with van der Waals surface area (Å²) in [5.74, 6) is 2.77. The second-order valence-corrected chi connectivity index (χ2v) is 3.38. The van der Waals surface area contributed by atoms with Crippen LogP contribution in [0.1, 0.15) is 30.9 Å². The Morgan fingerprint density at radius 3 is 2.55 bits per heavy atom. The number of fused-ring (bicyclic) bond motifs is 1. The SMILES string of the molecule is Cc1ccc2c(c1C(C)C)O2. The molecule has 1 heterocycles. The zero-order chi connectivity index (χ0) is 8.01. The van der Waals surface area contributed by atoms with Gasteiger partial charge >= 0.3 is 0 Å². The Morgan fingerprint density at radius 2 is 2.00 bits per heavy atom. The molecule has 0 aliphatic carbocycles. The number of hydrogen-bond donors (Lipinski definition) is 0. The highest BCUT2D eigenvalue weighted by atomic mass is 16.6. The minimum Gasteiger partial charge on any atom is -0.449 e. The van der Waals surface area contributed by atoms with Crippen LogP contribution >= 0.6 is 0 Å². The first-order valence-electron chi connectivity index (χ1n) is 4.01. The van der Waals surface area contributed by atoms with Crippen molar-refractivity contribution in [3.8, 4) is 11.5 Å². The molecule has 0 saturated carbocycles. The van der Waals surface area contributed by atoms with Crippen LogP contribution in [0.15, 0.2) is 12.1 Å². The summed E-state index contributed by atoms with van der Waals surface area (Å²) in [5.41, 5.74) is 2.72. The van der Waals surface area contributed by atoms with Crippen molar-refractivity contribution in [2.75, 3.05) is 0 Å². The van der Waals surface area contributed by atoms with Gasteiger partial charge in [0, 0.05) is 5.56 Å². The molecule has 1 aliphatic rings. The largest absolute Gasteiger partial charge is 0.449 e. The average Bonchev–Trinajstić information content (AvgIpc) is 2.64. The van der Waals surface area contributed by atoms with Gasteiger partial charge in [-0.15, -0.1) is 0 Å². The standard InChI is InChI=1S/C10H12O/c1-6(2)9-7(3)4-5-8-10(9)11-8/h4-6H,1-3H3. The molecule has 1 heteroatoms.